The van der Waals surface area contributed by atoms with Crippen LogP contribution in [0, 0.1) is 0 Å². The Labute approximate surface area is 139 Å². The molecule has 0 atom stereocenters. The molecule has 2 aromatic rings. The second-order valence-electron chi connectivity index (χ2n) is 6.03. The molecule has 6 nitrogen and oxygen atoms in total. The van der Waals surface area contributed by atoms with Crippen molar-refractivity contribution >= 4 is 11.7 Å². The van der Waals surface area contributed by atoms with Gasteiger partial charge in [0.05, 0.1) is 0 Å². The van der Waals surface area contributed by atoms with Crippen molar-refractivity contribution in [3.05, 3.63) is 48.0 Å². The lowest BCUT2D eigenvalue weighted by molar-refractivity contribution is 0.174. The molecule has 1 saturated carbocycles. The Hall–Kier alpha value is -2.89. The summed E-state index contributed by atoms with van der Waals surface area (Å²) in [6, 6.07) is 12.4. The average Bonchev–Trinajstić information content (AvgIpc) is 3.30. The van der Waals surface area contributed by atoms with Gasteiger partial charge >= 0.3 is 6.03 Å². The fraction of sp³-hybridized carbons (Fsp3) is 0.278. The van der Waals surface area contributed by atoms with Crippen LogP contribution in [0.5, 0.6) is 17.2 Å². The number of nitrogens with one attached hydrogen (secondary N) is 1. The van der Waals surface area contributed by atoms with Crippen LogP contribution in [0.3, 0.4) is 0 Å². The number of hydrogen-bond acceptors (Lipinski definition) is 4. The van der Waals surface area contributed by atoms with Gasteiger partial charge in [-0.25, -0.2) is 4.79 Å². The van der Waals surface area contributed by atoms with E-state index in [0.29, 0.717) is 23.7 Å². The van der Waals surface area contributed by atoms with Crippen molar-refractivity contribution in [1.82, 2.24) is 4.90 Å². The minimum absolute atomic E-state index is 0.153. The smallest absolute Gasteiger partial charge is 0.322 e. The normalized spacial score (nSPS) is 15.2. The van der Waals surface area contributed by atoms with Gasteiger partial charge in [0.25, 0.3) is 0 Å². The number of hydrogen-bond donors (Lipinski definition) is 2. The van der Waals surface area contributed by atoms with Gasteiger partial charge in [-0.2, -0.15) is 0 Å². The molecule has 2 aromatic carbocycles. The molecule has 24 heavy (non-hydrogen) atoms. The maximum Gasteiger partial charge on any atom is 0.322 e. The first kappa shape index (κ1) is 14.7. The number of benzene rings is 2. The molecule has 0 spiro atoms. The van der Waals surface area contributed by atoms with Crippen LogP contribution in [0.2, 0.25) is 0 Å². The van der Waals surface area contributed by atoms with Gasteiger partial charge < -0.3 is 24.8 Å². The molecule has 2 aliphatic rings. The van der Waals surface area contributed by atoms with Gasteiger partial charge in [0.1, 0.15) is 5.75 Å². The molecule has 1 aliphatic carbocycles. The number of nitrogens with zero attached hydrogens (tertiary/aromatic N) is 1. The molecule has 1 aliphatic heterocycles. The van der Waals surface area contributed by atoms with E-state index in [1.807, 2.05) is 6.07 Å². The molecule has 0 saturated heterocycles. The molecule has 6 heteroatoms. The lowest BCUT2D eigenvalue weighted by Crippen LogP contribution is -2.36. The first-order chi connectivity index (χ1) is 11.7. The van der Waals surface area contributed by atoms with E-state index in [9.17, 15) is 9.90 Å². The number of ether oxygens (including phenoxy) is 2. The number of carbonyl (C=O) groups is 1. The second-order valence-corrected chi connectivity index (χ2v) is 6.03. The van der Waals surface area contributed by atoms with Crippen molar-refractivity contribution in [3.8, 4) is 17.2 Å². The molecule has 2 amide bonds. The molecule has 0 unspecified atom stereocenters. The summed E-state index contributed by atoms with van der Waals surface area (Å²) in [6.45, 7) is 0.674. The third-order valence-electron chi connectivity index (χ3n) is 4.14. The summed E-state index contributed by atoms with van der Waals surface area (Å²) in [5, 5.41) is 12.5. The summed E-state index contributed by atoms with van der Waals surface area (Å²) in [4.78, 5) is 14.5. The van der Waals surface area contributed by atoms with E-state index in [1.54, 1.807) is 41.3 Å². The van der Waals surface area contributed by atoms with Gasteiger partial charge in [0.15, 0.2) is 11.5 Å². The Morgan fingerprint density at radius 2 is 2.00 bits per heavy atom. The summed E-state index contributed by atoms with van der Waals surface area (Å²) in [7, 11) is 0. The standard InChI is InChI=1S/C18H18N2O4/c21-15-3-1-2-12(8-15)10-20(14-5-6-14)18(22)19-13-4-7-16-17(9-13)24-11-23-16/h1-4,7-9,14,21H,5-6,10-11H2,(H,19,22). The highest BCUT2D eigenvalue weighted by molar-refractivity contribution is 5.90. The number of phenols is 1. The maximum atomic E-state index is 12.7. The molecule has 0 radical (unpaired) electrons. The van der Waals surface area contributed by atoms with Gasteiger partial charge in [-0.3, -0.25) is 0 Å². The molecule has 1 heterocycles. The van der Waals surface area contributed by atoms with Gasteiger partial charge in [0, 0.05) is 24.3 Å². The predicted molar refractivity (Wildman–Crippen MR) is 88.3 cm³/mol. The van der Waals surface area contributed by atoms with Crippen LogP contribution in [-0.4, -0.2) is 28.9 Å². The Kier molecular flexibility index (Phi) is 3.65. The first-order valence-corrected chi connectivity index (χ1v) is 7.94. The van der Waals surface area contributed by atoms with Gasteiger partial charge in [0.2, 0.25) is 6.79 Å². The van der Waals surface area contributed by atoms with E-state index in [4.69, 9.17) is 9.47 Å². The van der Waals surface area contributed by atoms with E-state index >= 15 is 0 Å². The molecular formula is C18H18N2O4. The van der Waals surface area contributed by atoms with Gasteiger partial charge in [-0.05, 0) is 42.7 Å². The quantitative estimate of drug-likeness (QED) is 0.904. The Morgan fingerprint density at radius 3 is 2.79 bits per heavy atom. The molecule has 4 rings (SSSR count). The Bertz CT molecular complexity index is 773. The number of phenolic OH excluding ortho intramolecular Hbond substituents is 1. The fourth-order valence-electron chi connectivity index (χ4n) is 2.77. The molecule has 0 aromatic heterocycles. The van der Waals surface area contributed by atoms with Crippen molar-refractivity contribution in [2.24, 2.45) is 0 Å². The third kappa shape index (κ3) is 3.08. The zero-order chi connectivity index (χ0) is 16.5. The average molecular weight is 326 g/mol. The summed E-state index contributed by atoms with van der Waals surface area (Å²) >= 11 is 0. The van der Waals surface area contributed by atoms with E-state index in [2.05, 4.69) is 5.32 Å². The number of rotatable bonds is 4. The third-order valence-corrected chi connectivity index (χ3v) is 4.14. The number of carbonyl (C=O) groups excluding carboxylic acids is 1. The molecule has 0 bridgehead atoms. The van der Waals surface area contributed by atoms with E-state index in [0.717, 1.165) is 18.4 Å². The van der Waals surface area contributed by atoms with E-state index < -0.39 is 0 Å². The van der Waals surface area contributed by atoms with Crippen LogP contribution in [0.25, 0.3) is 0 Å². The zero-order valence-corrected chi connectivity index (χ0v) is 13.1. The second kappa shape index (κ2) is 5.96. The van der Waals surface area contributed by atoms with Gasteiger partial charge in [-0.1, -0.05) is 12.1 Å². The van der Waals surface area contributed by atoms with Crippen molar-refractivity contribution in [2.75, 3.05) is 12.1 Å². The van der Waals surface area contributed by atoms with Gasteiger partial charge in [-0.15, -0.1) is 0 Å². The molecule has 124 valence electrons. The van der Waals surface area contributed by atoms with E-state index in [1.165, 1.54) is 0 Å². The Balaban J connectivity index is 1.48. The van der Waals surface area contributed by atoms with Crippen LogP contribution in [0.1, 0.15) is 18.4 Å². The SMILES string of the molecule is O=C(Nc1ccc2c(c1)OCO2)N(Cc1cccc(O)c1)C1CC1. The van der Waals surface area contributed by atoms with Crippen molar-refractivity contribution in [3.63, 3.8) is 0 Å². The summed E-state index contributed by atoms with van der Waals surface area (Å²) < 4.78 is 10.6. The van der Waals surface area contributed by atoms with Crippen LogP contribution in [0.15, 0.2) is 42.5 Å². The first-order valence-electron chi connectivity index (χ1n) is 7.94. The van der Waals surface area contributed by atoms with Crippen molar-refractivity contribution in [1.29, 1.82) is 0 Å². The van der Waals surface area contributed by atoms with Crippen LogP contribution in [-0.2, 0) is 6.54 Å². The summed E-state index contributed by atoms with van der Waals surface area (Å²) in [6.07, 6.45) is 2.01. The molecule has 1 fully saturated rings. The number of amides is 2. The van der Waals surface area contributed by atoms with Crippen LogP contribution in [0.4, 0.5) is 10.5 Å². The van der Waals surface area contributed by atoms with Crippen molar-refractivity contribution in [2.45, 2.75) is 25.4 Å². The highest BCUT2D eigenvalue weighted by Crippen LogP contribution is 2.35. The lowest BCUT2D eigenvalue weighted by Gasteiger charge is -2.23. The number of anilines is 1. The molecular weight excluding hydrogens is 308 g/mol. The highest BCUT2D eigenvalue weighted by atomic mass is 16.7. The highest BCUT2D eigenvalue weighted by Gasteiger charge is 2.32. The largest absolute Gasteiger partial charge is 0.508 e. The fourth-order valence-corrected chi connectivity index (χ4v) is 2.77. The number of aromatic hydroxyl groups is 1. The minimum Gasteiger partial charge on any atom is -0.508 e. The maximum absolute atomic E-state index is 12.7. The summed E-state index contributed by atoms with van der Waals surface area (Å²) in [5.41, 5.74) is 1.58. The number of fused-ring (bicyclic) bond motifs is 1. The Morgan fingerprint density at radius 1 is 1.17 bits per heavy atom. The number of urea groups is 1. The summed E-state index contributed by atoms with van der Waals surface area (Å²) in [5.74, 6) is 1.53. The topological polar surface area (TPSA) is 71.0 Å². The van der Waals surface area contributed by atoms with Crippen LogP contribution >= 0.6 is 0 Å². The zero-order valence-electron chi connectivity index (χ0n) is 13.1. The van der Waals surface area contributed by atoms with Crippen molar-refractivity contribution < 1.29 is 19.4 Å². The van der Waals surface area contributed by atoms with Crippen LogP contribution < -0.4 is 14.8 Å². The molecule has 2 N–H and O–H groups in total. The lowest BCUT2D eigenvalue weighted by atomic mass is 10.2. The predicted octanol–water partition coefficient (Wildman–Crippen LogP) is 3.32. The minimum atomic E-state index is -0.153. The monoisotopic (exact) mass is 326 g/mol. The van der Waals surface area contributed by atoms with E-state index in [-0.39, 0.29) is 24.6 Å².